The minimum atomic E-state index is -0.442. The van der Waals surface area contributed by atoms with Gasteiger partial charge in [-0.3, -0.25) is 4.79 Å². The third kappa shape index (κ3) is 6.49. The van der Waals surface area contributed by atoms with Gasteiger partial charge < -0.3 is 9.47 Å². The molecule has 31 heavy (non-hydrogen) atoms. The van der Waals surface area contributed by atoms with Crippen molar-refractivity contribution in [1.29, 1.82) is 0 Å². The first-order valence-corrected chi connectivity index (χ1v) is 11.1. The molecular formula is C22H16Cl3IN2O3. The van der Waals surface area contributed by atoms with Crippen LogP contribution in [0.2, 0.25) is 15.1 Å². The van der Waals surface area contributed by atoms with Gasteiger partial charge in [-0.1, -0.05) is 46.9 Å². The van der Waals surface area contributed by atoms with Crippen LogP contribution in [-0.4, -0.2) is 19.2 Å². The Balaban J connectivity index is 1.69. The van der Waals surface area contributed by atoms with Crippen molar-refractivity contribution in [2.75, 3.05) is 7.11 Å². The van der Waals surface area contributed by atoms with E-state index in [0.29, 0.717) is 28.2 Å². The van der Waals surface area contributed by atoms with Crippen LogP contribution >= 0.6 is 57.4 Å². The first kappa shape index (κ1) is 23.7. The molecule has 0 bridgehead atoms. The largest absolute Gasteiger partial charge is 0.493 e. The lowest BCUT2D eigenvalue weighted by atomic mass is 10.2. The monoisotopic (exact) mass is 588 g/mol. The number of hydrazone groups is 1. The van der Waals surface area contributed by atoms with Gasteiger partial charge in [0.05, 0.1) is 27.5 Å². The van der Waals surface area contributed by atoms with Crippen LogP contribution in [0.15, 0.2) is 59.7 Å². The van der Waals surface area contributed by atoms with E-state index in [4.69, 9.17) is 44.3 Å². The average molecular weight is 590 g/mol. The predicted molar refractivity (Wildman–Crippen MR) is 133 cm³/mol. The number of hydrogen-bond acceptors (Lipinski definition) is 4. The molecule has 0 heterocycles. The van der Waals surface area contributed by atoms with Crippen LogP contribution in [0.1, 0.15) is 21.5 Å². The van der Waals surface area contributed by atoms with Crippen molar-refractivity contribution in [2.24, 2.45) is 5.10 Å². The molecule has 0 saturated heterocycles. The highest BCUT2D eigenvalue weighted by Crippen LogP contribution is 2.34. The number of nitrogens with one attached hydrogen (secondary N) is 1. The van der Waals surface area contributed by atoms with Crippen molar-refractivity contribution < 1.29 is 14.3 Å². The third-order valence-electron chi connectivity index (χ3n) is 4.10. The number of methoxy groups -OCH3 is 1. The zero-order valence-electron chi connectivity index (χ0n) is 16.2. The van der Waals surface area contributed by atoms with Gasteiger partial charge in [0.1, 0.15) is 6.61 Å². The maximum absolute atomic E-state index is 12.2. The molecule has 5 nitrogen and oxygen atoms in total. The molecule has 0 atom stereocenters. The van der Waals surface area contributed by atoms with Gasteiger partial charge in [0.2, 0.25) is 0 Å². The predicted octanol–water partition coefficient (Wildman–Crippen LogP) is 6.60. The van der Waals surface area contributed by atoms with Crippen molar-refractivity contribution in [3.8, 4) is 11.5 Å². The number of benzene rings is 3. The summed E-state index contributed by atoms with van der Waals surface area (Å²) in [5.74, 6) is 0.726. The van der Waals surface area contributed by atoms with E-state index >= 15 is 0 Å². The van der Waals surface area contributed by atoms with Crippen LogP contribution in [0.4, 0.5) is 0 Å². The van der Waals surface area contributed by atoms with Gasteiger partial charge >= 0.3 is 0 Å². The fourth-order valence-electron chi connectivity index (χ4n) is 2.59. The van der Waals surface area contributed by atoms with Crippen LogP contribution in [0.5, 0.6) is 11.5 Å². The summed E-state index contributed by atoms with van der Waals surface area (Å²) in [6.45, 7) is 0.370. The van der Waals surface area contributed by atoms with Gasteiger partial charge in [0, 0.05) is 10.0 Å². The molecule has 0 saturated carbocycles. The summed E-state index contributed by atoms with van der Waals surface area (Å²) in [5.41, 5.74) is 4.43. The molecule has 0 aliphatic heterocycles. The Morgan fingerprint density at radius 1 is 1.06 bits per heavy atom. The smallest absolute Gasteiger partial charge is 0.272 e. The van der Waals surface area contributed by atoms with E-state index in [9.17, 15) is 4.79 Å². The maximum atomic E-state index is 12.2. The molecule has 0 aliphatic rings. The SMILES string of the molecule is COc1cc(/C=N/NC(=O)c2ccc(Cl)cc2Cl)cc(I)c1OCc1ccc(Cl)cc1. The lowest BCUT2D eigenvalue weighted by molar-refractivity contribution is 0.0955. The molecule has 1 N–H and O–H groups in total. The van der Waals surface area contributed by atoms with Gasteiger partial charge in [-0.2, -0.15) is 5.10 Å². The van der Waals surface area contributed by atoms with Gasteiger partial charge in [0.15, 0.2) is 11.5 Å². The van der Waals surface area contributed by atoms with Crippen molar-refractivity contribution in [3.05, 3.63) is 89.9 Å². The third-order valence-corrected chi connectivity index (χ3v) is 5.70. The maximum Gasteiger partial charge on any atom is 0.272 e. The van der Waals surface area contributed by atoms with E-state index in [-0.39, 0.29) is 10.6 Å². The normalized spacial score (nSPS) is 10.9. The van der Waals surface area contributed by atoms with E-state index < -0.39 is 5.91 Å². The number of nitrogens with zero attached hydrogens (tertiary/aromatic N) is 1. The first-order chi connectivity index (χ1) is 14.9. The van der Waals surface area contributed by atoms with Crippen LogP contribution in [0.25, 0.3) is 0 Å². The lowest BCUT2D eigenvalue weighted by Gasteiger charge is -2.13. The first-order valence-electron chi connectivity index (χ1n) is 8.90. The molecule has 3 aromatic carbocycles. The topological polar surface area (TPSA) is 59.9 Å². The lowest BCUT2D eigenvalue weighted by Crippen LogP contribution is -2.18. The van der Waals surface area contributed by atoms with E-state index in [1.807, 2.05) is 30.3 Å². The summed E-state index contributed by atoms with van der Waals surface area (Å²) in [6.07, 6.45) is 1.51. The zero-order valence-corrected chi connectivity index (χ0v) is 20.6. The molecule has 0 fully saturated rings. The second-order valence-electron chi connectivity index (χ2n) is 6.27. The highest BCUT2D eigenvalue weighted by Gasteiger charge is 2.12. The second-order valence-corrected chi connectivity index (χ2v) is 8.71. The summed E-state index contributed by atoms with van der Waals surface area (Å²) in [4.78, 5) is 12.2. The molecular weight excluding hydrogens is 574 g/mol. The number of halogens is 4. The van der Waals surface area contributed by atoms with Crippen LogP contribution in [0.3, 0.4) is 0 Å². The second kappa shape index (κ2) is 11.0. The number of carbonyl (C=O) groups excluding carboxylic acids is 1. The quantitative estimate of drug-likeness (QED) is 0.192. The Morgan fingerprint density at radius 2 is 1.77 bits per heavy atom. The molecule has 0 radical (unpaired) electrons. The van der Waals surface area contributed by atoms with Crippen molar-refractivity contribution >= 4 is 69.5 Å². The molecule has 0 aromatic heterocycles. The number of ether oxygens (including phenoxy) is 2. The molecule has 0 unspecified atom stereocenters. The fraction of sp³-hybridized carbons (Fsp3) is 0.0909. The van der Waals surface area contributed by atoms with E-state index in [2.05, 4.69) is 33.1 Å². The summed E-state index contributed by atoms with van der Waals surface area (Å²) in [5, 5.41) is 5.37. The summed E-state index contributed by atoms with van der Waals surface area (Å²) < 4.78 is 12.2. The standard InChI is InChI=1S/C22H16Cl3IN2O3/c1-30-20-9-14(11-27-28-22(29)17-7-6-16(24)10-18(17)25)8-19(26)21(20)31-12-13-2-4-15(23)5-3-13/h2-11H,12H2,1H3,(H,28,29)/b27-11+. The molecule has 160 valence electrons. The Hall–Kier alpha value is -2.00. The Bertz CT molecular complexity index is 1120. The van der Waals surface area contributed by atoms with Crippen molar-refractivity contribution in [2.45, 2.75) is 6.61 Å². The molecule has 0 aliphatic carbocycles. The fourth-order valence-corrected chi connectivity index (χ4v) is 3.99. The molecule has 1 amide bonds. The summed E-state index contributed by atoms with van der Waals surface area (Å²) >= 11 is 20.0. The highest BCUT2D eigenvalue weighted by atomic mass is 127. The zero-order chi connectivity index (χ0) is 22.4. The van der Waals surface area contributed by atoms with Gasteiger partial charge in [-0.05, 0) is 76.2 Å². The summed E-state index contributed by atoms with van der Waals surface area (Å²) in [6, 6.07) is 15.7. The molecule has 3 aromatic rings. The molecule has 0 spiro atoms. The number of amides is 1. The Morgan fingerprint density at radius 3 is 2.45 bits per heavy atom. The Kier molecular flexibility index (Phi) is 8.43. The van der Waals surface area contributed by atoms with Crippen LogP contribution in [0, 0.1) is 3.57 Å². The van der Waals surface area contributed by atoms with E-state index in [1.165, 1.54) is 18.3 Å². The average Bonchev–Trinajstić information content (AvgIpc) is 2.73. The molecule has 3 rings (SSSR count). The summed E-state index contributed by atoms with van der Waals surface area (Å²) in [7, 11) is 1.56. The minimum Gasteiger partial charge on any atom is -0.493 e. The number of rotatable bonds is 7. The van der Waals surface area contributed by atoms with E-state index in [1.54, 1.807) is 19.2 Å². The van der Waals surface area contributed by atoms with Crippen molar-refractivity contribution in [3.63, 3.8) is 0 Å². The number of hydrogen-bond donors (Lipinski definition) is 1. The van der Waals surface area contributed by atoms with Gasteiger partial charge in [-0.25, -0.2) is 5.43 Å². The highest BCUT2D eigenvalue weighted by molar-refractivity contribution is 14.1. The van der Waals surface area contributed by atoms with Gasteiger partial charge in [-0.15, -0.1) is 0 Å². The molecule has 9 heteroatoms. The number of carbonyl (C=O) groups is 1. The van der Waals surface area contributed by atoms with Crippen molar-refractivity contribution in [1.82, 2.24) is 5.43 Å². The van der Waals surface area contributed by atoms with Crippen LogP contribution < -0.4 is 14.9 Å². The van der Waals surface area contributed by atoms with E-state index in [0.717, 1.165) is 14.7 Å². The van der Waals surface area contributed by atoms with Gasteiger partial charge in [0.25, 0.3) is 5.91 Å². The Labute approximate surface area is 208 Å². The van der Waals surface area contributed by atoms with Crippen LogP contribution in [-0.2, 0) is 6.61 Å². The minimum absolute atomic E-state index is 0.249.